The maximum atomic E-state index is 13.1. The molecule has 1 aromatic carbocycles. The van der Waals surface area contributed by atoms with Crippen LogP contribution in [0.25, 0.3) is 0 Å². The Hall–Kier alpha value is -2.21. The van der Waals surface area contributed by atoms with Crippen molar-refractivity contribution in [2.45, 2.75) is 44.7 Å². The maximum absolute atomic E-state index is 13.1. The summed E-state index contributed by atoms with van der Waals surface area (Å²) in [5.74, 6) is 1.20. The van der Waals surface area contributed by atoms with Crippen molar-refractivity contribution in [3.8, 4) is 0 Å². The zero-order chi connectivity index (χ0) is 17.2. The molecule has 1 saturated heterocycles. The number of nitrogens with zero attached hydrogens (tertiary/aromatic N) is 4. The summed E-state index contributed by atoms with van der Waals surface area (Å²) in [5.41, 5.74) is 0.709. The lowest BCUT2D eigenvalue weighted by molar-refractivity contribution is 0.0582. The van der Waals surface area contributed by atoms with Gasteiger partial charge in [0.2, 0.25) is 0 Å². The van der Waals surface area contributed by atoms with Crippen molar-refractivity contribution >= 4 is 5.91 Å². The van der Waals surface area contributed by atoms with Gasteiger partial charge >= 0.3 is 0 Å². The number of aryl methyl sites for hydroxylation is 1. The summed E-state index contributed by atoms with van der Waals surface area (Å²) >= 11 is 0. The fraction of sp³-hybridized carbons (Fsp3) is 0.526. The Kier molecular flexibility index (Phi) is 4.53. The SMILES string of the molecule is Cc1noc(C2CN(C3CCC3)CCCN2C(=O)c2ccccc2)n1. The Bertz CT molecular complexity index is 726. The average Bonchev–Trinajstić information content (AvgIpc) is 2.90. The molecule has 1 atom stereocenters. The predicted octanol–water partition coefficient (Wildman–Crippen LogP) is 2.82. The highest BCUT2D eigenvalue weighted by molar-refractivity contribution is 5.94. The summed E-state index contributed by atoms with van der Waals surface area (Å²) in [5, 5.41) is 3.95. The lowest BCUT2D eigenvalue weighted by Gasteiger charge is -2.38. The quantitative estimate of drug-likeness (QED) is 0.860. The first kappa shape index (κ1) is 16.3. The molecule has 6 nitrogen and oxygen atoms in total. The normalized spacial score (nSPS) is 22.4. The van der Waals surface area contributed by atoms with Crippen LogP contribution in [-0.4, -0.2) is 51.5 Å². The molecule has 0 spiro atoms. The Morgan fingerprint density at radius 2 is 1.96 bits per heavy atom. The fourth-order valence-corrected chi connectivity index (χ4v) is 3.74. The van der Waals surface area contributed by atoms with E-state index in [9.17, 15) is 4.79 Å². The molecule has 1 unspecified atom stereocenters. The molecule has 6 heteroatoms. The van der Waals surface area contributed by atoms with Crippen molar-refractivity contribution in [1.29, 1.82) is 0 Å². The smallest absolute Gasteiger partial charge is 0.254 e. The van der Waals surface area contributed by atoms with Crippen molar-refractivity contribution in [1.82, 2.24) is 19.9 Å². The van der Waals surface area contributed by atoms with Gasteiger partial charge in [-0.3, -0.25) is 9.69 Å². The molecule has 1 aliphatic carbocycles. The molecule has 1 aromatic heterocycles. The van der Waals surface area contributed by atoms with E-state index in [1.807, 2.05) is 42.2 Å². The highest BCUT2D eigenvalue weighted by Gasteiger charge is 2.37. The first-order chi connectivity index (χ1) is 12.2. The number of amides is 1. The van der Waals surface area contributed by atoms with Gasteiger partial charge in [-0.2, -0.15) is 4.98 Å². The Balaban J connectivity index is 1.64. The molecule has 132 valence electrons. The molecule has 4 rings (SSSR count). The van der Waals surface area contributed by atoms with E-state index in [-0.39, 0.29) is 11.9 Å². The van der Waals surface area contributed by atoms with Crippen molar-refractivity contribution < 1.29 is 9.32 Å². The number of carbonyl (C=O) groups excluding carboxylic acids is 1. The van der Waals surface area contributed by atoms with E-state index in [0.29, 0.717) is 29.9 Å². The second kappa shape index (κ2) is 6.96. The molecule has 0 radical (unpaired) electrons. The van der Waals surface area contributed by atoms with E-state index in [4.69, 9.17) is 4.52 Å². The zero-order valence-corrected chi connectivity index (χ0v) is 14.6. The van der Waals surface area contributed by atoms with Gasteiger partial charge in [-0.05, 0) is 38.3 Å². The van der Waals surface area contributed by atoms with E-state index in [1.54, 1.807) is 0 Å². The molecule has 2 aromatic rings. The third-order valence-corrected chi connectivity index (χ3v) is 5.33. The van der Waals surface area contributed by atoms with Crippen molar-refractivity contribution in [3.05, 3.63) is 47.6 Å². The third-order valence-electron chi connectivity index (χ3n) is 5.33. The minimum Gasteiger partial charge on any atom is -0.337 e. The van der Waals surface area contributed by atoms with Gasteiger partial charge in [0.25, 0.3) is 11.8 Å². The molecule has 0 N–H and O–H groups in total. The van der Waals surface area contributed by atoms with Crippen LogP contribution >= 0.6 is 0 Å². The monoisotopic (exact) mass is 340 g/mol. The van der Waals surface area contributed by atoms with Crippen LogP contribution in [0.4, 0.5) is 0 Å². The van der Waals surface area contributed by atoms with Gasteiger partial charge in [0.1, 0.15) is 6.04 Å². The minimum atomic E-state index is -0.183. The van der Waals surface area contributed by atoms with E-state index in [2.05, 4.69) is 15.0 Å². The third kappa shape index (κ3) is 3.31. The molecule has 1 aliphatic heterocycles. The summed E-state index contributed by atoms with van der Waals surface area (Å²) in [7, 11) is 0. The molecule has 2 fully saturated rings. The number of rotatable bonds is 3. The van der Waals surface area contributed by atoms with Gasteiger partial charge in [0.15, 0.2) is 5.82 Å². The first-order valence-corrected chi connectivity index (χ1v) is 9.12. The van der Waals surface area contributed by atoms with Gasteiger partial charge in [-0.1, -0.05) is 29.8 Å². The van der Waals surface area contributed by atoms with Crippen LogP contribution < -0.4 is 0 Å². The Morgan fingerprint density at radius 3 is 2.60 bits per heavy atom. The number of benzene rings is 1. The second-order valence-electron chi connectivity index (χ2n) is 6.99. The second-order valence-corrected chi connectivity index (χ2v) is 6.99. The van der Waals surface area contributed by atoms with Crippen LogP contribution in [0, 0.1) is 6.92 Å². The zero-order valence-electron chi connectivity index (χ0n) is 14.6. The first-order valence-electron chi connectivity index (χ1n) is 9.12. The van der Waals surface area contributed by atoms with E-state index in [0.717, 1.165) is 19.5 Å². The molecular weight excluding hydrogens is 316 g/mol. The van der Waals surface area contributed by atoms with Gasteiger partial charge < -0.3 is 9.42 Å². The van der Waals surface area contributed by atoms with E-state index in [1.165, 1.54) is 19.3 Å². The standard InChI is InChI=1S/C19H24N4O2/c1-14-20-18(25-21-14)17-13-22(16-9-5-10-16)11-6-12-23(17)19(24)15-7-3-2-4-8-15/h2-4,7-8,16-17H,5-6,9-13H2,1H3. The van der Waals surface area contributed by atoms with Gasteiger partial charge in [0, 0.05) is 31.2 Å². The summed E-state index contributed by atoms with van der Waals surface area (Å²) in [6.45, 7) is 4.32. The number of carbonyl (C=O) groups is 1. The van der Waals surface area contributed by atoms with Crippen LogP contribution in [-0.2, 0) is 0 Å². The summed E-state index contributed by atoms with van der Waals surface area (Å²) in [4.78, 5) is 22.0. The van der Waals surface area contributed by atoms with Crippen LogP contribution in [0.15, 0.2) is 34.9 Å². The maximum Gasteiger partial charge on any atom is 0.254 e. The lowest BCUT2D eigenvalue weighted by atomic mass is 9.91. The highest BCUT2D eigenvalue weighted by atomic mass is 16.5. The van der Waals surface area contributed by atoms with Crippen LogP contribution in [0.2, 0.25) is 0 Å². The molecule has 25 heavy (non-hydrogen) atoms. The summed E-state index contributed by atoms with van der Waals surface area (Å²) < 4.78 is 5.47. The molecule has 1 saturated carbocycles. The van der Waals surface area contributed by atoms with Gasteiger partial charge in [0.05, 0.1) is 0 Å². The van der Waals surface area contributed by atoms with Crippen molar-refractivity contribution in [3.63, 3.8) is 0 Å². The predicted molar refractivity (Wildman–Crippen MR) is 93.1 cm³/mol. The number of aromatic nitrogens is 2. The van der Waals surface area contributed by atoms with Crippen molar-refractivity contribution in [2.24, 2.45) is 0 Å². The van der Waals surface area contributed by atoms with Crippen LogP contribution in [0.1, 0.15) is 53.8 Å². The van der Waals surface area contributed by atoms with Crippen LogP contribution in [0.5, 0.6) is 0 Å². The fourth-order valence-electron chi connectivity index (χ4n) is 3.74. The van der Waals surface area contributed by atoms with E-state index < -0.39 is 0 Å². The molecular formula is C19H24N4O2. The number of hydrogen-bond donors (Lipinski definition) is 0. The van der Waals surface area contributed by atoms with E-state index >= 15 is 0 Å². The van der Waals surface area contributed by atoms with Crippen molar-refractivity contribution in [2.75, 3.05) is 19.6 Å². The van der Waals surface area contributed by atoms with Crippen LogP contribution in [0.3, 0.4) is 0 Å². The van der Waals surface area contributed by atoms with Gasteiger partial charge in [-0.15, -0.1) is 0 Å². The lowest BCUT2D eigenvalue weighted by Crippen LogP contribution is -2.44. The molecule has 2 aliphatic rings. The minimum absolute atomic E-state index is 0.0388. The summed E-state index contributed by atoms with van der Waals surface area (Å²) in [6, 6.07) is 9.92. The molecule has 1 amide bonds. The topological polar surface area (TPSA) is 62.5 Å². The largest absolute Gasteiger partial charge is 0.337 e. The Morgan fingerprint density at radius 1 is 1.16 bits per heavy atom. The highest BCUT2D eigenvalue weighted by Crippen LogP contribution is 2.31. The molecule has 0 bridgehead atoms. The Labute approximate surface area is 147 Å². The van der Waals surface area contributed by atoms with Gasteiger partial charge in [-0.25, -0.2) is 0 Å². The number of hydrogen-bond acceptors (Lipinski definition) is 5. The summed E-state index contributed by atoms with van der Waals surface area (Å²) in [6.07, 6.45) is 4.78. The average molecular weight is 340 g/mol. The molecule has 2 heterocycles.